The second-order valence-electron chi connectivity index (χ2n) is 4.78. The van der Waals surface area contributed by atoms with Crippen LogP contribution in [0.3, 0.4) is 0 Å². The molecule has 1 aliphatic rings. The SMILES string of the molecule is COC(=O)C1CC(C#N)(c2cccnc2Cl)CCC1=O. The summed E-state index contributed by atoms with van der Waals surface area (Å²) in [7, 11) is 1.23. The summed E-state index contributed by atoms with van der Waals surface area (Å²) in [6.45, 7) is 0. The average molecular weight is 293 g/mol. The molecular weight excluding hydrogens is 280 g/mol. The Balaban J connectivity index is 2.43. The van der Waals surface area contributed by atoms with Crippen LogP contribution in [0.4, 0.5) is 0 Å². The molecule has 1 aliphatic carbocycles. The Morgan fingerprint density at radius 2 is 2.40 bits per heavy atom. The Morgan fingerprint density at radius 3 is 3.00 bits per heavy atom. The highest BCUT2D eigenvalue weighted by Gasteiger charge is 2.46. The summed E-state index contributed by atoms with van der Waals surface area (Å²) in [6.07, 6.45) is 2.10. The smallest absolute Gasteiger partial charge is 0.316 e. The van der Waals surface area contributed by atoms with E-state index < -0.39 is 17.3 Å². The van der Waals surface area contributed by atoms with E-state index in [0.717, 1.165) is 0 Å². The number of pyridine rings is 1. The zero-order chi connectivity index (χ0) is 14.8. The number of carbonyl (C=O) groups is 2. The van der Waals surface area contributed by atoms with Crippen molar-refractivity contribution in [3.05, 3.63) is 29.0 Å². The van der Waals surface area contributed by atoms with Crippen molar-refractivity contribution in [1.82, 2.24) is 4.98 Å². The number of aromatic nitrogens is 1. The third-order valence-corrected chi connectivity index (χ3v) is 4.01. The van der Waals surface area contributed by atoms with E-state index in [-0.39, 0.29) is 23.8 Å². The molecule has 0 aliphatic heterocycles. The molecule has 20 heavy (non-hydrogen) atoms. The highest BCUT2D eigenvalue weighted by molar-refractivity contribution is 6.30. The van der Waals surface area contributed by atoms with Crippen molar-refractivity contribution in [2.24, 2.45) is 5.92 Å². The highest BCUT2D eigenvalue weighted by Crippen LogP contribution is 2.42. The summed E-state index contributed by atoms with van der Waals surface area (Å²) in [5.41, 5.74) is -0.413. The molecule has 0 saturated heterocycles. The number of ether oxygens (including phenoxy) is 1. The molecule has 0 radical (unpaired) electrons. The van der Waals surface area contributed by atoms with Crippen molar-refractivity contribution in [1.29, 1.82) is 5.26 Å². The molecule has 0 N–H and O–H groups in total. The van der Waals surface area contributed by atoms with Crippen molar-refractivity contribution in [3.8, 4) is 6.07 Å². The minimum Gasteiger partial charge on any atom is -0.468 e. The van der Waals surface area contributed by atoms with Gasteiger partial charge in [-0.3, -0.25) is 9.59 Å². The van der Waals surface area contributed by atoms with Gasteiger partial charge in [-0.25, -0.2) is 4.98 Å². The molecule has 1 aromatic heterocycles. The summed E-state index contributed by atoms with van der Waals surface area (Å²) in [5, 5.41) is 9.81. The number of Topliss-reactive ketones (excluding diaryl/α,β-unsaturated/α-hetero) is 1. The number of ketones is 1. The van der Waals surface area contributed by atoms with Crippen LogP contribution in [0, 0.1) is 17.2 Å². The van der Waals surface area contributed by atoms with Crippen LogP contribution in [-0.4, -0.2) is 23.8 Å². The van der Waals surface area contributed by atoms with E-state index in [0.29, 0.717) is 12.0 Å². The monoisotopic (exact) mass is 292 g/mol. The number of methoxy groups -OCH3 is 1. The molecule has 2 rings (SSSR count). The van der Waals surface area contributed by atoms with Gasteiger partial charge in [-0.15, -0.1) is 0 Å². The fraction of sp³-hybridized carbons (Fsp3) is 0.429. The molecule has 2 unspecified atom stereocenters. The number of hydrogen-bond donors (Lipinski definition) is 0. The maximum absolute atomic E-state index is 11.9. The number of carbonyl (C=O) groups excluding carboxylic acids is 2. The third kappa shape index (κ3) is 2.39. The standard InChI is InChI=1S/C14H13ClN2O3/c1-20-13(19)9-7-14(8-16,5-4-11(9)18)10-3-2-6-17-12(10)15/h2-3,6,9H,4-5,7H2,1H3. The Kier molecular flexibility index (Phi) is 4.05. The van der Waals surface area contributed by atoms with Crippen LogP contribution in [-0.2, 0) is 19.7 Å². The molecule has 0 aromatic carbocycles. The number of esters is 1. The van der Waals surface area contributed by atoms with Gasteiger partial charge < -0.3 is 4.74 Å². The van der Waals surface area contributed by atoms with E-state index in [4.69, 9.17) is 11.6 Å². The lowest BCUT2D eigenvalue weighted by Crippen LogP contribution is -2.40. The second kappa shape index (κ2) is 5.59. The molecule has 1 fully saturated rings. The third-order valence-electron chi connectivity index (χ3n) is 3.71. The Bertz CT molecular complexity index is 588. The molecule has 1 saturated carbocycles. The van der Waals surface area contributed by atoms with Gasteiger partial charge in [-0.2, -0.15) is 5.26 Å². The molecule has 1 heterocycles. The zero-order valence-corrected chi connectivity index (χ0v) is 11.7. The van der Waals surface area contributed by atoms with Crippen molar-refractivity contribution in [2.75, 3.05) is 7.11 Å². The van der Waals surface area contributed by atoms with Gasteiger partial charge in [0, 0.05) is 18.2 Å². The minimum atomic E-state index is -0.974. The first-order chi connectivity index (χ1) is 9.54. The lowest BCUT2D eigenvalue weighted by Gasteiger charge is -2.34. The van der Waals surface area contributed by atoms with Crippen LogP contribution in [0.5, 0.6) is 0 Å². The molecular formula is C14H13ClN2O3. The number of hydrogen-bond acceptors (Lipinski definition) is 5. The van der Waals surface area contributed by atoms with Crippen molar-refractivity contribution in [3.63, 3.8) is 0 Å². The number of rotatable bonds is 2. The van der Waals surface area contributed by atoms with E-state index in [1.165, 1.54) is 13.3 Å². The average Bonchev–Trinajstić information content (AvgIpc) is 2.48. The maximum atomic E-state index is 11.9. The fourth-order valence-corrected chi connectivity index (χ4v) is 2.88. The van der Waals surface area contributed by atoms with Crippen molar-refractivity contribution >= 4 is 23.4 Å². The van der Waals surface area contributed by atoms with E-state index in [1.807, 2.05) is 0 Å². The first-order valence-electron chi connectivity index (χ1n) is 6.17. The first-order valence-corrected chi connectivity index (χ1v) is 6.54. The molecule has 0 spiro atoms. The summed E-state index contributed by atoms with van der Waals surface area (Å²) in [5.74, 6) is -1.71. The molecule has 6 heteroatoms. The summed E-state index contributed by atoms with van der Waals surface area (Å²) in [6, 6.07) is 5.62. The van der Waals surface area contributed by atoms with Gasteiger partial charge in [0.05, 0.1) is 18.6 Å². The normalized spacial score (nSPS) is 25.9. The number of nitriles is 1. The van der Waals surface area contributed by atoms with E-state index in [1.54, 1.807) is 12.1 Å². The molecule has 5 nitrogen and oxygen atoms in total. The predicted molar refractivity (Wildman–Crippen MR) is 70.9 cm³/mol. The Hall–Kier alpha value is -1.93. The van der Waals surface area contributed by atoms with Gasteiger partial charge in [0.2, 0.25) is 0 Å². The Labute approximate surface area is 121 Å². The quantitative estimate of drug-likeness (QED) is 0.473. The zero-order valence-electron chi connectivity index (χ0n) is 10.9. The predicted octanol–water partition coefficient (Wildman–Crippen LogP) is 2.04. The van der Waals surface area contributed by atoms with E-state index >= 15 is 0 Å². The molecule has 0 amide bonds. The van der Waals surface area contributed by atoms with Gasteiger partial charge in [0.1, 0.15) is 16.9 Å². The summed E-state index contributed by atoms with van der Waals surface area (Å²) < 4.78 is 4.65. The lowest BCUT2D eigenvalue weighted by molar-refractivity contribution is -0.151. The van der Waals surface area contributed by atoms with Crippen LogP contribution >= 0.6 is 11.6 Å². The maximum Gasteiger partial charge on any atom is 0.316 e. The van der Waals surface area contributed by atoms with Crippen LogP contribution in [0.2, 0.25) is 5.15 Å². The van der Waals surface area contributed by atoms with Gasteiger partial charge in [-0.05, 0) is 18.9 Å². The largest absolute Gasteiger partial charge is 0.468 e. The first kappa shape index (κ1) is 14.5. The highest BCUT2D eigenvalue weighted by atomic mass is 35.5. The summed E-state index contributed by atoms with van der Waals surface area (Å²) in [4.78, 5) is 27.5. The number of nitrogens with zero attached hydrogens (tertiary/aromatic N) is 2. The van der Waals surface area contributed by atoms with Gasteiger partial charge >= 0.3 is 5.97 Å². The molecule has 104 valence electrons. The van der Waals surface area contributed by atoms with Gasteiger partial charge in [-0.1, -0.05) is 17.7 Å². The van der Waals surface area contributed by atoms with Gasteiger partial charge in [0.25, 0.3) is 0 Å². The van der Waals surface area contributed by atoms with Crippen LogP contribution in [0.15, 0.2) is 18.3 Å². The lowest BCUT2D eigenvalue weighted by atomic mass is 9.66. The van der Waals surface area contributed by atoms with Crippen molar-refractivity contribution < 1.29 is 14.3 Å². The number of halogens is 1. The fourth-order valence-electron chi connectivity index (χ4n) is 2.58. The van der Waals surface area contributed by atoms with Crippen molar-refractivity contribution in [2.45, 2.75) is 24.7 Å². The molecule has 0 bridgehead atoms. The second-order valence-corrected chi connectivity index (χ2v) is 5.14. The topological polar surface area (TPSA) is 80.1 Å². The van der Waals surface area contributed by atoms with Gasteiger partial charge in [0.15, 0.2) is 0 Å². The minimum absolute atomic E-state index is 0.0837. The summed E-state index contributed by atoms with van der Waals surface area (Å²) >= 11 is 6.06. The van der Waals surface area contributed by atoms with Crippen LogP contribution < -0.4 is 0 Å². The van der Waals surface area contributed by atoms with Crippen LogP contribution in [0.25, 0.3) is 0 Å². The Morgan fingerprint density at radius 1 is 1.65 bits per heavy atom. The van der Waals surface area contributed by atoms with E-state index in [2.05, 4.69) is 15.8 Å². The molecule has 1 aromatic rings. The van der Waals surface area contributed by atoms with E-state index in [9.17, 15) is 14.9 Å². The van der Waals surface area contributed by atoms with Crippen LogP contribution in [0.1, 0.15) is 24.8 Å². The molecule has 2 atom stereocenters.